The molecule has 1 unspecified atom stereocenters. The molecule has 146 valence electrons. The number of aryl methyl sites for hydroxylation is 1. The largest absolute Gasteiger partial charge is 0.335 e. The maximum Gasteiger partial charge on any atom is 0.255 e. The van der Waals surface area contributed by atoms with Gasteiger partial charge in [0.1, 0.15) is 5.54 Å². The van der Waals surface area contributed by atoms with Gasteiger partial charge in [-0.05, 0) is 68.5 Å². The predicted molar refractivity (Wildman–Crippen MR) is 108 cm³/mol. The number of piperidine rings is 1. The number of halogens is 1. The van der Waals surface area contributed by atoms with Crippen molar-refractivity contribution in [2.45, 2.75) is 44.7 Å². The molecule has 0 bridgehead atoms. The Morgan fingerprint density at radius 3 is 2.68 bits per heavy atom. The summed E-state index contributed by atoms with van der Waals surface area (Å²) in [5.74, 6) is -0.0124. The lowest BCUT2D eigenvalue weighted by atomic mass is 9.84. The summed E-state index contributed by atoms with van der Waals surface area (Å²) >= 11 is 6.05. The molecule has 2 aromatic rings. The molecule has 2 fully saturated rings. The molecule has 5 nitrogen and oxygen atoms in total. The fraction of sp³-hybridized carbons (Fsp3) is 0.409. The molecule has 0 aliphatic carbocycles. The number of aromatic nitrogens is 1. The van der Waals surface area contributed by atoms with Gasteiger partial charge in [0.2, 0.25) is 5.91 Å². The number of amides is 2. The Morgan fingerprint density at radius 1 is 1.18 bits per heavy atom. The van der Waals surface area contributed by atoms with Crippen LogP contribution in [0.2, 0.25) is 5.02 Å². The van der Waals surface area contributed by atoms with Crippen molar-refractivity contribution < 1.29 is 9.59 Å². The second kappa shape index (κ2) is 7.55. The van der Waals surface area contributed by atoms with Crippen LogP contribution in [0, 0.1) is 6.92 Å². The number of rotatable bonds is 3. The Morgan fingerprint density at radius 2 is 1.96 bits per heavy atom. The Labute approximate surface area is 170 Å². The van der Waals surface area contributed by atoms with Crippen LogP contribution in [0.4, 0.5) is 0 Å². The van der Waals surface area contributed by atoms with E-state index < -0.39 is 5.54 Å². The summed E-state index contributed by atoms with van der Waals surface area (Å²) in [6.45, 7) is 3.70. The first-order valence-electron chi connectivity index (χ1n) is 9.79. The van der Waals surface area contributed by atoms with E-state index in [9.17, 15) is 9.59 Å². The molecule has 0 N–H and O–H groups in total. The summed E-state index contributed by atoms with van der Waals surface area (Å²) in [4.78, 5) is 34.9. The molecule has 2 amide bonds. The zero-order chi connectivity index (χ0) is 19.7. The molecular formula is C22H24ClN3O2. The highest BCUT2D eigenvalue weighted by atomic mass is 35.5. The van der Waals surface area contributed by atoms with E-state index in [1.807, 2.05) is 34.9 Å². The van der Waals surface area contributed by atoms with E-state index in [1.165, 1.54) is 0 Å². The number of nitrogens with zero attached hydrogens (tertiary/aromatic N) is 3. The molecule has 1 aromatic heterocycles. The van der Waals surface area contributed by atoms with E-state index >= 15 is 0 Å². The molecule has 2 saturated heterocycles. The Kier molecular flexibility index (Phi) is 5.11. The van der Waals surface area contributed by atoms with Crippen molar-refractivity contribution in [3.05, 3.63) is 64.4 Å². The first-order valence-corrected chi connectivity index (χ1v) is 10.2. The third-order valence-electron chi connectivity index (χ3n) is 5.94. The Hall–Kier alpha value is -2.40. The second-order valence-electron chi connectivity index (χ2n) is 7.70. The molecule has 2 aliphatic heterocycles. The van der Waals surface area contributed by atoms with Crippen LogP contribution in [0.25, 0.3) is 0 Å². The van der Waals surface area contributed by atoms with Crippen molar-refractivity contribution >= 4 is 23.4 Å². The smallest absolute Gasteiger partial charge is 0.255 e. The standard InChI is InChI=1S/C22H24ClN3O2/c1-16-14-17(23)7-8-19(16)20(27)26-13-5-10-22(26)9-4-12-25(21(22)28)15-18-6-2-3-11-24-18/h2-3,6-8,11,14H,4-5,9-10,12-13,15H2,1H3. The van der Waals surface area contributed by atoms with Gasteiger partial charge in [-0.1, -0.05) is 17.7 Å². The maximum atomic E-state index is 13.5. The Bertz CT molecular complexity index is 902. The van der Waals surface area contributed by atoms with E-state index in [-0.39, 0.29) is 11.8 Å². The summed E-state index contributed by atoms with van der Waals surface area (Å²) in [7, 11) is 0. The molecule has 2 aliphatic rings. The van der Waals surface area contributed by atoms with Gasteiger partial charge in [0.05, 0.1) is 12.2 Å². The lowest BCUT2D eigenvalue weighted by Gasteiger charge is -2.44. The zero-order valence-electron chi connectivity index (χ0n) is 16.0. The minimum absolute atomic E-state index is 0.0573. The van der Waals surface area contributed by atoms with Gasteiger partial charge in [0.25, 0.3) is 5.91 Å². The summed E-state index contributed by atoms with van der Waals surface area (Å²) in [5, 5.41) is 0.612. The van der Waals surface area contributed by atoms with Gasteiger partial charge < -0.3 is 9.80 Å². The normalized spacial score (nSPS) is 22.1. The first-order chi connectivity index (χ1) is 13.5. The molecular weight excluding hydrogens is 374 g/mol. The predicted octanol–water partition coefficient (Wildman–Crippen LogP) is 3.84. The lowest BCUT2D eigenvalue weighted by molar-refractivity contribution is -0.146. The summed E-state index contributed by atoms with van der Waals surface area (Å²) in [6.07, 6.45) is 4.93. The lowest BCUT2D eigenvalue weighted by Crippen LogP contribution is -2.61. The van der Waals surface area contributed by atoms with Gasteiger partial charge in [-0.2, -0.15) is 0 Å². The number of carbonyl (C=O) groups is 2. The zero-order valence-corrected chi connectivity index (χ0v) is 16.8. The van der Waals surface area contributed by atoms with Gasteiger partial charge in [0.15, 0.2) is 0 Å². The van der Waals surface area contributed by atoms with Crippen LogP contribution in [-0.2, 0) is 11.3 Å². The van der Waals surface area contributed by atoms with Crippen molar-refractivity contribution in [3.63, 3.8) is 0 Å². The van der Waals surface area contributed by atoms with Gasteiger partial charge >= 0.3 is 0 Å². The highest BCUT2D eigenvalue weighted by Crippen LogP contribution is 2.39. The van der Waals surface area contributed by atoms with E-state index in [0.29, 0.717) is 30.2 Å². The van der Waals surface area contributed by atoms with Crippen LogP contribution in [0.15, 0.2) is 42.6 Å². The van der Waals surface area contributed by atoms with E-state index in [0.717, 1.165) is 36.9 Å². The molecule has 4 rings (SSSR count). The van der Waals surface area contributed by atoms with Crippen LogP contribution in [-0.4, -0.2) is 45.2 Å². The molecule has 1 spiro atoms. The van der Waals surface area contributed by atoms with Gasteiger partial charge in [-0.3, -0.25) is 14.6 Å². The van der Waals surface area contributed by atoms with Gasteiger partial charge in [-0.15, -0.1) is 0 Å². The molecule has 0 radical (unpaired) electrons. The summed E-state index contributed by atoms with van der Waals surface area (Å²) in [6, 6.07) is 11.0. The average molecular weight is 398 g/mol. The van der Waals surface area contributed by atoms with Crippen molar-refractivity contribution in [1.29, 1.82) is 0 Å². The fourth-order valence-electron chi connectivity index (χ4n) is 4.57. The molecule has 1 atom stereocenters. The van der Waals surface area contributed by atoms with Crippen LogP contribution >= 0.6 is 11.6 Å². The van der Waals surface area contributed by atoms with E-state index in [4.69, 9.17) is 11.6 Å². The second-order valence-corrected chi connectivity index (χ2v) is 8.14. The number of likely N-dealkylation sites (tertiary alicyclic amines) is 2. The van der Waals surface area contributed by atoms with Gasteiger partial charge in [-0.25, -0.2) is 0 Å². The van der Waals surface area contributed by atoms with E-state index in [2.05, 4.69) is 4.98 Å². The van der Waals surface area contributed by atoms with Crippen molar-refractivity contribution in [2.24, 2.45) is 0 Å². The van der Waals surface area contributed by atoms with Crippen LogP contribution in [0.3, 0.4) is 0 Å². The topological polar surface area (TPSA) is 53.5 Å². The monoisotopic (exact) mass is 397 g/mol. The maximum absolute atomic E-state index is 13.5. The van der Waals surface area contributed by atoms with E-state index in [1.54, 1.807) is 24.4 Å². The summed E-state index contributed by atoms with van der Waals surface area (Å²) < 4.78 is 0. The molecule has 28 heavy (non-hydrogen) atoms. The highest BCUT2D eigenvalue weighted by molar-refractivity contribution is 6.30. The number of benzene rings is 1. The minimum atomic E-state index is -0.726. The van der Waals surface area contributed by atoms with Gasteiger partial charge in [0, 0.05) is 29.9 Å². The number of hydrogen-bond donors (Lipinski definition) is 0. The van der Waals surface area contributed by atoms with Crippen LogP contribution in [0.5, 0.6) is 0 Å². The molecule has 1 aromatic carbocycles. The average Bonchev–Trinajstić information content (AvgIpc) is 3.10. The highest BCUT2D eigenvalue weighted by Gasteiger charge is 2.52. The fourth-order valence-corrected chi connectivity index (χ4v) is 4.80. The first kappa shape index (κ1) is 18.9. The number of pyridine rings is 1. The molecule has 0 saturated carbocycles. The number of hydrogen-bond acceptors (Lipinski definition) is 3. The SMILES string of the molecule is Cc1cc(Cl)ccc1C(=O)N1CCCC12CCCN(Cc1ccccn1)C2=O. The van der Waals surface area contributed by atoms with Crippen LogP contribution in [0.1, 0.15) is 47.3 Å². The quantitative estimate of drug-likeness (QED) is 0.790. The van der Waals surface area contributed by atoms with Crippen LogP contribution < -0.4 is 0 Å². The molecule has 3 heterocycles. The van der Waals surface area contributed by atoms with Crippen molar-refractivity contribution in [1.82, 2.24) is 14.8 Å². The number of carbonyl (C=O) groups excluding carboxylic acids is 2. The Balaban J connectivity index is 1.61. The third kappa shape index (κ3) is 3.28. The van der Waals surface area contributed by atoms with Crippen molar-refractivity contribution in [2.75, 3.05) is 13.1 Å². The third-order valence-corrected chi connectivity index (χ3v) is 6.17. The van der Waals surface area contributed by atoms with Crippen molar-refractivity contribution in [3.8, 4) is 0 Å². The minimum Gasteiger partial charge on any atom is -0.335 e. The summed E-state index contributed by atoms with van der Waals surface area (Å²) in [5.41, 5.74) is 1.61. The molecule has 6 heteroatoms.